The number of aryl methyl sites for hydroxylation is 1. The van der Waals surface area contributed by atoms with Gasteiger partial charge in [-0.15, -0.1) is 11.3 Å². The van der Waals surface area contributed by atoms with Gasteiger partial charge in [-0.1, -0.05) is 26.8 Å². The lowest BCUT2D eigenvalue weighted by atomic mass is 9.85. The Morgan fingerprint density at radius 2 is 1.77 bits per heavy atom. The molecule has 0 fully saturated rings. The molecule has 1 heterocycles. The number of hydrogen-bond donors (Lipinski definition) is 3. The van der Waals surface area contributed by atoms with Gasteiger partial charge in [-0.2, -0.15) is 0 Å². The Labute approximate surface area is 185 Å². The van der Waals surface area contributed by atoms with E-state index in [9.17, 15) is 19.5 Å². The van der Waals surface area contributed by atoms with Crippen molar-refractivity contribution in [2.24, 2.45) is 5.41 Å². The van der Waals surface area contributed by atoms with Gasteiger partial charge in [0.25, 0.3) is 16.8 Å². The second-order valence-corrected chi connectivity index (χ2v) is 9.85. The van der Waals surface area contributed by atoms with Gasteiger partial charge in [0.15, 0.2) is 5.75 Å². The fraction of sp³-hybridized carbons (Fsp3) is 0.348. The van der Waals surface area contributed by atoms with Crippen molar-refractivity contribution in [2.75, 3.05) is 24.7 Å². The molecule has 0 bridgehead atoms. The predicted molar refractivity (Wildman–Crippen MR) is 126 cm³/mol. The summed E-state index contributed by atoms with van der Waals surface area (Å²) in [6, 6.07) is 6.52. The highest BCUT2D eigenvalue weighted by Crippen LogP contribution is 2.40. The van der Waals surface area contributed by atoms with E-state index < -0.39 is 10.9 Å². The Morgan fingerprint density at radius 1 is 1.13 bits per heavy atom. The summed E-state index contributed by atoms with van der Waals surface area (Å²) in [4.78, 5) is 39.4. The fourth-order valence-electron chi connectivity index (χ4n) is 3.30. The molecule has 0 aliphatic carbocycles. The average molecular weight is 442 g/mol. The number of amides is 1. The normalized spacial score (nSPS) is 12.6. The summed E-state index contributed by atoms with van der Waals surface area (Å²) in [5.41, 5.74) is 0.177. The van der Waals surface area contributed by atoms with Crippen molar-refractivity contribution in [1.29, 1.82) is 0 Å². The second kappa shape index (κ2) is 8.19. The van der Waals surface area contributed by atoms with Gasteiger partial charge in [0.05, 0.1) is 17.3 Å². The molecule has 0 aliphatic rings. The van der Waals surface area contributed by atoms with Gasteiger partial charge in [0, 0.05) is 19.0 Å². The molecule has 0 spiro atoms. The summed E-state index contributed by atoms with van der Waals surface area (Å²) in [7, 11) is 3.17. The third-order valence-electron chi connectivity index (χ3n) is 5.03. The van der Waals surface area contributed by atoms with Gasteiger partial charge < -0.3 is 20.6 Å². The third-order valence-corrected chi connectivity index (χ3v) is 6.15. The Balaban J connectivity index is 1.96. The van der Waals surface area contributed by atoms with Crippen LogP contribution in [0.15, 0.2) is 39.2 Å². The largest absolute Gasteiger partial charge is 0.505 e. The molecule has 3 aromatic rings. The van der Waals surface area contributed by atoms with Gasteiger partial charge >= 0.3 is 0 Å². The van der Waals surface area contributed by atoms with Gasteiger partial charge in [-0.05, 0) is 41.5 Å². The van der Waals surface area contributed by atoms with Crippen molar-refractivity contribution >= 4 is 34.3 Å². The van der Waals surface area contributed by atoms with E-state index in [1.54, 1.807) is 37.6 Å². The first kappa shape index (κ1) is 22.6. The van der Waals surface area contributed by atoms with E-state index in [2.05, 4.69) is 37.5 Å². The number of para-hydroxylation sites is 1. The van der Waals surface area contributed by atoms with E-state index in [1.807, 2.05) is 12.3 Å². The molecule has 1 amide bonds. The Bertz CT molecular complexity index is 1200. The van der Waals surface area contributed by atoms with Crippen molar-refractivity contribution in [3.05, 3.63) is 66.1 Å². The SMILES string of the molecule is Cc1csc(C(Nc2c(Nc3cccc(C(=O)N(C)C)c3O)c(=O)c2=O)C(C)(C)C)c1. The van der Waals surface area contributed by atoms with E-state index in [-0.39, 0.29) is 45.7 Å². The van der Waals surface area contributed by atoms with Gasteiger partial charge in [-0.3, -0.25) is 14.4 Å². The van der Waals surface area contributed by atoms with Crippen LogP contribution in [-0.2, 0) is 0 Å². The van der Waals surface area contributed by atoms with Crippen LogP contribution in [0.2, 0.25) is 0 Å². The summed E-state index contributed by atoms with van der Waals surface area (Å²) in [5.74, 6) is -0.646. The number of carbonyl (C=O) groups is 1. The lowest BCUT2D eigenvalue weighted by molar-refractivity contribution is 0.0824. The number of phenolic OH excluding ortho intramolecular Hbond substituents is 1. The molecule has 7 nitrogen and oxygen atoms in total. The monoisotopic (exact) mass is 441 g/mol. The molecule has 0 aliphatic heterocycles. The van der Waals surface area contributed by atoms with Crippen LogP contribution >= 0.6 is 11.3 Å². The van der Waals surface area contributed by atoms with Crippen molar-refractivity contribution in [3.63, 3.8) is 0 Å². The van der Waals surface area contributed by atoms with Crippen molar-refractivity contribution in [1.82, 2.24) is 4.90 Å². The molecule has 164 valence electrons. The topological polar surface area (TPSA) is 98.7 Å². The lowest BCUT2D eigenvalue weighted by Crippen LogP contribution is -2.39. The van der Waals surface area contributed by atoms with Gasteiger partial charge in [0.1, 0.15) is 11.4 Å². The summed E-state index contributed by atoms with van der Waals surface area (Å²) < 4.78 is 0. The highest BCUT2D eigenvalue weighted by molar-refractivity contribution is 7.10. The van der Waals surface area contributed by atoms with Crippen LogP contribution < -0.4 is 21.5 Å². The number of benzene rings is 1. The smallest absolute Gasteiger partial charge is 0.257 e. The molecule has 1 aromatic heterocycles. The van der Waals surface area contributed by atoms with Gasteiger partial charge in [-0.25, -0.2) is 0 Å². The molecular weight excluding hydrogens is 414 g/mol. The maximum absolute atomic E-state index is 12.4. The number of phenols is 1. The number of nitrogens with one attached hydrogen (secondary N) is 2. The molecule has 0 saturated heterocycles. The molecule has 1 atom stereocenters. The number of hydrogen-bond acceptors (Lipinski definition) is 7. The highest BCUT2D eigenvalue weighted by atomic mass is 32.1. The Kier molecular flexibility index (Phi) is 5.96. The molecular formula is C23H27N3O4S. The zero-order valence-electron chi connectivity index (χ0n) is 18.5. The standard InChI is InChI=1S/C23H27N3O4S/c1-12-10-15(31-11-12)21(23(2,3)4)25-17-16(19(28)20(17)29)24-14-9-7-8-13(18(14)27)22(30)26(5)6/h7-11,21,24-25,27H,1-6H3. The van der Waals surface area contributed by atoms with E-state index in [0.29, 0.717) is 0 Å². The number of carbonyl (C=O) groups excluding carboxylic acids is 1. The van der Waals surface area contributed by atoms with E-state index in [1.165, 1.54) is 11.0 Å². The second-order valence-electron chi connectivity index (χ2n) is 8.90. The van der Waals surface area contributed by atoms with Crippen LogP contribution in [-0.4, -0.2) is 30.0 Å². The van der Waals surface area contributed by atoms with Crippen LogP contribution in [0.25, 0.3) is 0 Å². The summed E-state index contributed by atoms with van der Waals surface area (Å²) in [5, 5.41) is 18.7. The quantitative estimate of drug-likeness (QED) is 0.395. The average Bonchev–Trinajstić information content (AvgIpc) is 3.12. The maximum Gasteiger partial charge on any atom is 0.257 e. The van der Waals surface area contributed by atoms with E-state index in [4.69, 9.17) is 0 Å². The molecule has 1 unspecified atom stereocenters. The Morgan fingerprint density at radius 3 is 2.32 bits per heavy atom. The maximum atomic E-state index is 12.4. The molecule has 3 rings (SSSR count). The first-order valence-corrected chi connectivity index (χ1v) is 10.7. The molecule has 3 N–H and O–H groups in total. The minimum absolute atomic E-state index is 0.0808. The number of aromatic hydroxyl groups is 1. The van der Waals surface area contributed by atoms with Crippen LogP contribution in [0.3, 0.4) is 0 Å². The fourth-order valence-corrected chi connectivity index (χ4v) is 4.50. The molecule has 0 radical (unpaired) electrons. The minimum Gasteiger partial charge on any atom is -0.505 e. The van der Waals surface area contributed by atoms with Crippen LogP contribution in [0.1, 0.15) is 47.6 Å². The van der Waals surface area contributed by atoms with Crippen molar-refractivity contribution in [3.8, 4) is 5.75 Å². The number of thiophene rings is 1. The summed E-state index contributed by atoms with van der Waals surface area (Å²) in [6.45, 7) is 8.18. The summed E-state index contributed by atoms with van der Waals surface area (Å²) >= 11 is 1.59. The van der Waals surface area contributed by atoms with E-state index >= 15 is 0 Å². The van der Waals surface area contributed by atoms with Crippen LogP contribution in [0.4, 0.5) is 17.1 Å². The first-order valence-electron chi connectivity index (χ1n) is 9.87. The highest BCUT2D eigenvalue weighted by Gasteiger charge is 2.32. The van der Waals surface area contributed by atoms with Crippen molar-refractivity contribution < 1.29 is 9.90 Å². The molecule has 2 aromatic carbocycles. The minimum atomic E-state index is -0.666. The van der Waals surface area contributed by atoms with Gasteiger partial charge in [0.2, 0.25) is 0 Å². The van der Waals surface area contributed by atoms with Crippen LogP contribution in [0.5, 0.6) is 5.75 Å². The molecule has 0 saturated carbocycles. The zero-order valence-corrected chi connectivity index (χ0v) is 19.3. The Hall–Kier alpha value is -3.13. The number of nitrogens with zero attached hydrogens (tertiary/aromatic N) is 1. The first-order chi connectivity index (χ1) is 14.4. The molecule has 8 heteroatoms. The summed E-state index contributed by atoms with van der Waals surface area (Å²) in [6.07, 6.45) is 0. The van der Waals surface area contributed by atoms with Crippen molar-refractivity contribution in [2.45, 2.75) is 33.7 Å². The lowest BCUT2D eigenvalue weighted by Gasteiger charge is -2.32. The number of anilines is 3. The van der Waals surface area contributed by atoms with E-state index in [0.717, 1.165) is 10.4 Å². The van der Waals surface area contributed by atoms with Crippen LogP contribution in [0, 0.1) is 12.3 Å². The molecule has 31 heavy (non-hydrogen) atoms. The predicted octanol–water partition coefficient (Wildman–Crippen LogP) is 4.00. The number of rotatable bonds is 6. The zero-order chi connectivity index (χ0) is 23.1. The third kappa shape index (κ3) is 4.34.